The van der Waals surface area contributed by atoms with Crippen molar-refractivity contribution < 1.29 is 15.4 Å². The summed E-state index contributed by atoms with van der Waals surface area (Å²) in [6, 6.07) is 25.8. The molecule has 0 aliphatic carbocycles. The van der Waals surface area contributed by atoms with Crippen LogP contribution in [0.1, 0.15) is 11.0 Å². The van der Waals surface area contributed by atoms with Crippen molar-refractivity contribution in [2.45, 2.75) is 0 Å². The number of hydrogen-bond acceptors (Lipinski definition) is 6. The Hall–Kier alpha value is -6.18. The molecule has 0 amide bonds. The maximum Gasteiger partial charge on any atom is 0.238 e. The van der Waals surface area contributed by atoms with Gasteiger partial charge >= 0.3 is 0 Å². The van der Waals surface area contributed by atoms with Gasteiger partial charge in [0.25, 0.3) is 0 Å². The lowest BCUT2D eigenvalue weighted by molar-refractivity contribution is 0.669. The normalized spacial score (nSPS) is 14.2. The quantitative estimate of drug-likeness (QED) is 0.194. The highest BCUT2D eigenvalue weighted by molar-refractivity contribution is 7.21. The van der Waals surface area contributed by atoms with Crippen LogP contribution in [0.4, 0.5) is 0 Å². The molecule has 10 rings (SSSR count). The van der Waals surface area contributed by atoms with Crippen molar-refractivity contribution in [3.8, 4) is 39.3 Å². The topological polar surface area (TPSA) is 69.6 Å². The zero-order chi connectivity index (χ0) is 37.9. The predicted octanol–water partition coefficient (Wildman–Crippen LogP) is 10.5. The highest BCUT2D eigenvalue weighted by Crippen LogP contribution is 2.36. The first-order valence-electron chi connectivity index (χ1n) is 18.7. The highest BCUT2D eigenvalue weighted by atomic mass is 32.1. The van der Waals surface area contributed by atoms with E-state index in [1.54, 1.807) is 0 Å². The van der Waals surface area contributed by atoms with Gasteiger partial charge in [-0.15, -0.1) is 11.3 Å². The van der Waals surface area contributed by atoms with E-state index in [4.69, 9.17) is 27.6 Å². The number of hydrogen-bond donors (Lipinski definition) is 0. The van der Waals surface area contributed by atoms with Crippen LogP contribution in [0.15, 0.2) is 144 Å². The van der Waals surface area contributed by atoms with Crippen molar-refractivity contribution in [1.29, 1.82) is 0 Å². The molecule has 4 heterocycles. The van der Waals surface area contributed by atoms with E-state index in [0.29, 0.717) is 11.1 Å². The lowest BCUT2D eigenvalue weighted by Crippen LogP contribution is -2.06. The number of furan rings is 1. The number of aromatic nitrogens is 5. The molecule has 0 fully saturated rings. The van der Waals surface area contributed by atoms with E-state index in [0.717, 1.165) is 49.5 Å². The summed E-state index contributed by atoms with van der Waals surface area (Å²) in [5, 5.41) is 3.87. The molecule has 0 aliphatic heterocycles. The summed E-state index contributed by atoms with van der Waals surface area (Å²) in [5.41, 5.74) is 3.43. The van der Waals surface area contributed by atoms with Gasteiger partial charge in [0.1, 0.15) is 16.2 Å². The maximum absolute atomic E-state index is 9.39. The smallest absolute Gasteiger partial charge is 0.238 e. The molecular formula is C40H23N5OS. The summed E-state index contributed by atoms with van der Waals surface area (Å²) in [4.78, 5) is 19.3. The van der Waals surface area contributed by atoms with Crippen LogP contribution in [0.25, 0.3) is 93.3 Å². The fourth-order valence-electron chi connectivity index (χ4n) is 6.04. The largest absolute Gasteiger partial charge is 0.456 e. The van der Waals surface area contributed by atoms with Crippen molar-refractivity contribution >= 4 is 65.3 Å². The van der Waals surface area contributed by atoms with Crippen molar-refractivity contribution in [2.75, 3.05) is 0 Å². The molecule has 0 saturated carbocycles. The Morgan fingerprint density at radius 3 is 2.04 bits per heavy atom. The zero-order valence-electron chi connectivity index (χ0n) is 32.2. The lowest BCUT2D eigenvalue weighted by Gasteiger charge is -2.11. The molecule has 47 heavy (non-hydrogen) atoms. The fourth-order valence-corrected chi connectivity index (χ4v) is 6.87. The molecule has 0 saturated heterocycles. The molecule has 0 N–H and O–H groups in total. The van der Waals surface area contributed by atoms with Gasteiger partial charge in [-0.25, -0.2) is 9.97 Å². The van der Waals surface area contributed by atoms with Gasteiger partial charge in [0.05, 0.1) is 32.2 Å². The summed E-state index contributed by atoms with van der Waals surface area (Å²) < 4.78 is 77.2. The van der Waals surface area contributed by atoms with E-state index >= 15 is 0 Å². The van der Waals surface area contributed by atoms with Crippen LogP contribution >= 0.6 is 11.3 Å². The van der Waals surface area contributed by atoms with Crippen molar-refractivity contribution in [2.24, 2.45) is 0 Å². The Morgan fingerprint density at radius 1 is 0.574 bits per heavy atom. The Labute approximate surface area is 283 Å². The fraction of sp³-hybridized carbons (Fsp3) is 0. The molecular weight excluding hydrogens is 599 g/mol. The Morgan fingerprint density at radius 2 is 1.26 bits per heavy atom. The monoisotopic (exact) mass is 629 g/mol. The van der Waals surface area contributed by atoms with E-state index in [-0.39, 0.29) is 62.1 Å². The Kier molecular flexibility index (Phi) is 4.19. The lowest BCUT2D eigenvalue weighted by atomic mass is 10.1. The second-order valence-corrected chi connectivity index (χ2v) is 11.9. The van der Waals surface area contributed by atoms with Crippen LogP contribution in [0.5, 0.6) is 0 Å². The summed E-state index contributed by atoms with van der Waals surface area (Å²) in [7, 11) is 0. The van der Waals surface area contributed by atoms with Gasteiger partial charge in [0, 0.05) is 38.2 Å². The van der Waals surface area contributed by atoms with E-state index in [1.165, 1.54) is 0 Å². The molecule has 7 heteroatoms. The molecule has 220 valence electrons. The first-order valence-corrected chi connectivity index (χ1v) is 15.6. The first kappa shape index (κ1) is 19.4. The average molecular weight is 630 g/mol. The molecule has 0 aliphatic rings. The first-order chi connectivity index (χ1) is 26.6. The number of benzene rings is 6. The third kappa shape index (κ3) is 4.17. The molecule has 6 nitrogen and oxygen atoms in total. The van der Waals surface area contributed by atoms with Crippen LogP contribution in [0.2, 0.25) is 0 Å². The van der Waals surface area contributed by atoms with Crippen LogP contribution in [0.3, 0.4) is 0 Å². The third-order valence-corrected chi connectivity index (χ3v) is 9.14. The SMILES string of the molecule is [2H]c1c([2H])c([2H])c(-c2nc3c([2H])c(-c4nc(-c5ccc6c(c5)oc5ccccc56)nc(-n5c6ccccc6c6ccccc65)n4)c([2H])c([2H])c3s2)c([2H])c1[2H]. The van der Waals surface area contributed by atoms with Gasteiger partial charge in [0.15, 0.2) is 11.6 Å². The second-order valence-electron chi connectivity index (χ2n) is 10.9. The van der Waals surface area contributed by atoms with Gasteiger partial charge in [-0.2, -0.15) is 9.97 Å². The molecule has 6 aromatic carbocycles. The van der Waals surface area contributed by atoms with Crippen LogP contribution < -0.4 is 0 Å². The van der Waals surface area contributed by atoms with Gasteiger partial charge < -0.3 is 4.42 Å². The minimum absolute atomic E-state index is 0.0203. The number of rotatable bonds is 4. The zero-order valence-corrected chi connectivity index (χ0v) is 25.0. The summed E-state index contributed by atoms with van der Waals surface area (Å²) in [5.74, 6) is 0.438. The molecule has 0 atom stereocenters. The van der Waals surface area contributed by atoms with E-state index in [2.05, 4.69) is 4.98 Å². The Balaban J connectivity index is 1.25. The van der Waals surface area contributed by atoms with Crippen LogP contribution in [0, 0.1) is 0 Å². The molecule has 4 aromatic heterocycles. The summed E-state index contributed by atoms with van der Waals surface area (Å²) >= 11 is 0.893. The standard InChI is InChI=1S/C40H23N5OS/c1-2-10-24(11-3-1)39-41-31-22-25(19-21-36(31)47-39)37-42-38(26-18-20-30-29-14-6-9-17-34(29)46-35(30)23-26)44-40(43-37)45-32-15-7-4-12-27(32)28-13-5-8-16-33(28)45/h1-23H/i1D,2D,3D,10D,11D,19D,21D,22D. The molecule has 0 bridgehead atoms. The van der Waals surface area contributed by atoms with Crippen molar-refractivity contribution in [1.82, 2.24) is 24.5 Å². The Bertz CT molecular complexity index is 3200. The second kappa shape index (κ2) is 10.2. The number of fused-ring (bicyclic) bond motifs is 7. The van der Waals surface area contributed by atoms with E-state index in [1.807, 2.05) is 95.6 Å². The van der Waals surface area contributed by atoms with Gasteiger partial charge in [-0.05, 0) is 48.5 Å². The van der Waals surface area contributed by atoms with Gasteiger partial charge in [0.2, 0.25) is 5.95 Å². The number of thiazole rings is 1. The van der Waals surface area contributed by atoms with Crippen LogP contribution in [-0.2, 0) is 0 Å². The van der Waals surface area contributed by atoms with Crippen molar-refractivity contribution in [3.05, 3.63) is 139 Å². The minimum Gasteiger partial charge on any atom is -0.456 e. The molecule has 0 spiro atoms. The highest BCUT2D eigenvalue weighted by Gasteiger charge is 2.19. The maximum atomic E-state index is 9.39. The summed E-state index contributed by atoms with van der Waals surface area (Å²) in [6.45, 7) is 0. The third-order valence-electron chi connectivity index (χ3n) is 8.15. The molecule has 10 aromatic rings. The minimum atomic E-state index is -0.540. The predicted molar refractivity (Wildman–Crippen MR) is 191 cm³/mol. The average Bonchev–Trinajstić information content (AvgIpc) is 3.91. The van der Waals surface area contributed by atoms with E-state index < -0.39 is 30.2 Å². The van der Waals surface area contributed by atoms with Gasteiger partial charge in [-0.1, -0.05) is 90.9 Å². The molecule has 0 unspecified atom stereocenters. The number of para-hydroxylation sites is 3. The molecule has 0 radical (unpaired) electrons. The van der Waals surface area contributed by atoms with Gasteiger partial charge in [-0.3, -0.25) is 4.57 Å². The number of nitrogens with zero attached hydrogens (tertiary/aromatic N) is 5. The summed E-state index contributed by atoms with van der Waals surface area (Å²) in [6.07, 6.45) is 0. The van der Waals surface area contributed by atoms with Crippen LogP contribution in [-0.4, -0.2) is 24.5 Å². The van der Waals surface area contributed by atoms with Crippen molar-refractivity contribution in [3.63, 3.8) is 0 Å². The van der Waals surface area contributed by atoms with E-state index in [9.17, 15) is 2.74 Å².